The first-order valence-electron chi connectivity index (χ1n) is 18.2. The molecule has 290 valence electrons. The van der Waals surface area contributed by atoms with Crippen LogP contribution in [-0.4, -0.2) is 79.8 Å². The van der Waals surface area contributed by atoms with Crippen LogP contribution in [0.1, 0.15) is 40.5 Å². The van der Waals surface area contributed by atoms with Gasteiger partial charge < -0.3 is 39.6 Å². The lowest BCUT2D eigenvalue weighted by Gasteiger charge is -2.30. The molecule has 1 heterocycles. The molecule has 1 aliphatic carbocycles. The molecule has 3 amide bonds. The van der Waals surface area contributed by atoms with Gasteiger partial charge in [-0.05, 0) is 49.6 Å². The Hall–Kier alpha value is -6.11. The SMILES string of the molecule is CC[C@H](NC(=O)[C@H]1C[C@H](Oc2cc(-c3ccccc3)nc3cc(OC)ccc23)C=C1C(=O)N[C@H](C(=O)N(CC)c1cc(OC)ccc1OC)C(C)C)C(=O)O. The lowest BCUT2D eigenvalue weighted by atomic mass is 9.96. The molecular weight excluding hydrogens is 704 g/mol. The number of carbonyl (C=O) groups is 4. The number of carboxylic acid groups (broad SMARTS) is 1. The van der Waals surface area contributed by atoms with Crippen LogP contribution in [0.15, 0.2) is 84.4 Å². The maximum Gasteiger partial charge on any atom is 0.326 e. The maximum atomic E-state index is 14.3. The minimum Gasteiger partial charge on any atom is -0.497 e. The van der Waals surface area contributed by atoms with Crippen molar-refractivity contribution in [3.63, 3.8) is 0 Å². The molecular formula is C42H48N4O9. The fourth-order valence-electron chi connectivity index (χ4n) is 6.60. The number of benzene rings is 3. The number of anilines is 1. The van der Waals surface area contributed by atoms with Crippen LogP contribution in [0.2, 0.25) is 0 Å². The second-order valence-corrected chi connectivity index (χ2v) is 13.4. The van der Waals surface area contributed by atoms with Gasteiger partial charge in [0.2, 0.25) is 17.7 Å². The first-order chi connectivity index (χ1) is 26.4. The summed E-state index contributed by atoms with van der Waals surface area (Å²) < 4.78 is 23.0. The molecule has 0 saturated heterocycles. The summed E-state index contributed by atoms with van der Waals surface area (Å²) in [6.45, 7) is 7.34. The number of fused-ring (bicyclic) bond motifs is 1. The third kappa shape index (κ3) is 8.99. The molecule has 0 spiro atoms. The number of hydrogen-bond acceptors (Lipinski definition) is 9. The van der Waals surface area contributed by atoms with E-state index < -0.39 is 47.8 Å². The van der Waals surface area contributed by atoms with E-state index >= 15 is 0 Å². The van der Waals surface area contributed by atoms with Gasteiger partial charge in [-0.25, -0.2) is 9.78 Å². The number of amides is 3. The van der Waals surface area contributed by atoms with Crippen molar-refractivity contribution in [2.45, 2.75) is 58.7 Å². The highest BCUT2D eigenvalue weighted by Crippen LogP contribution is 2.37. The third-order valence-corrected chi connectivity index (χ3v) is 9.62. The van der Waals surface area contributed by atoms with Gasteiger partial charge in [0.15, 0.2) is 0 Å². The number of carbonyl (C=O) groups excluding carboxylic acids is 3. The van der Waals surface area contributed by atoms with E-state index in [1.807, 2.05) is 63.2 Å². The van der Waals surface area contributed by atoms with Gasteiger partial charge in [0.1, 0.15) is 41.2 Å². The van der Waals surface area contributed by atoms with Gasteiger partial charge in [-0.1, -0.05) is 51.1 Å². The Morgan fingerprint density at radius 1 is 0.873 bits per heavy atom. The summed E-state index contributed by atoms with van der Waals surface area (Å²) in [5.74, 6) is -2.28. The van der Waals surface area contributed by atoms with Gasteiger partial charge in [0, 0.05) is 47.7 Å². The Morgan fingerprint density at radius 2 is 1.56 bits per heavy atom. The van der Waals surface area contributed by atoms with Crippen molar-refractivity contribution in [2.24, 2.45) is 11.8 Å². The molecule has 4 atom stereocenters. The normalized spacial score (nSPS) is 16.1. The Labute approximate surface area is 320 Å². The summed E-state index contributed by atoms with van der Waals surface area (Å²) in [6.07, 6.45) is 0.967. The van der Waals surface area contributed by atoms with Crippen molar-refractivity contribution >= 4 is 40.3 Å². The number of rotatable bonds is 16. The number of nitrogens with zero attached hydrogens (tertiary/aromatic N) is 2. The fraction of sp³-hybridized carbons (Fsp3) is 0.357. The molecule has 55 heavy (non-hydrogen) atoms. The first-order valence-corrected chi connectivity index (χ1v) is 18.2. The zero-order chi connectivity index (χ0) is 39.8. The van der Waals surface area contributed by atoms with Crippen LogP contribution in [0.5, 0.6) is 23.0 Å². The predicted molar refractivity (Wildman–Crippen MR) is 209 cm³/mol. The van der Waals surface area contributed by atoms with Gasteiger partial charge in [-0.2, -0.15) is 0 Å². The molecule has 3 aromatic carbocycles. The van der Waals surface area contributed by atoms with Crippen molar-refractivity contribution < 1.29 is 43.2 Å². The summed E-state index contributed by atoms with van der Waals surface area (Å²) in [7, 11) is 4.60. The molecule has 0 aliphatic heterocycles. The topological polar surface area (TPSA) is 166 Å². The van der Waals surface area contributed by atoms with Crippen LogP contribution in [0, 0.1) is 11.8 Å². The van der Waals surface area contributed by atoms with Crippen molar-refractivity contribution in [3.8, 4) is 34.3 Å². The molecule has 1 aliphatic rings. The lowest BCUT2D eigenvalue weighted by molar-refractivity contribution is -0.142. The van der Waals surface area contributed by atoms with E-state index in [0.717, 1.165) is 5.56 Å². The Kier molecular flexibility index (Phi) is 13.0. The van der Waals surface area contributed by atoms with Gasteiger partial charge in [0.05, 0.1) is 44.1 Å². The molecule has 0 fully saturated rings. The summed E-state index contributed by atoms with van der Waals surface area (Å²) in [5, 5.41) is 15.9. The van der Waals surface area contributed by atoms with Gasteiger partial charge in [0.25, 0.3) is 0 Å². The van der Waals surface area contributed by atoms with Crippen LogP contribution in [0.4, 0.5) is 5.69 Å². The highest BCUT2D eigenvalue weighted by atomic mass is 16.5. The number of likely N-dealkylation sites (N-methyl/N-ethyl adjacent to an activating group) is 1. The van der Waals surface area contributed by atoms with Crippen LogP contribution in [-0.2, 0) is 19.2 Å². The lowest BCUT2D eigenvalue weighted by Crippen LogP contribution is -2.52. The number of aliphatic carboxylic acids is 1. The number of carboxylic acids is 1. The van der Waals surface area contributed by atoms with E-state index in [2.05, 4.69) is 10.6 Å². The highest BCUT2D eigenvalue weighted by molar-refractivity contribution is 6.06. The fourth-order valence-corrected chi connectivity index (χ4v) is 6.60. The minimum absolute atomic E-state index is 0.0354. The van der Waals surface area contributed by atoms with E-state index in [1.165, 1.54) is 19.1 Å². The molecule has 0 bridgehead atoms. The van der Waals surface area contributed by atoms with E-state index in [9.17, 15) is 24.3 Å². The summed E-state index contributed by atoms with van der Waals surface area (Å²) in [6, 6.07) is 19.8. The highest BCUT2D eigenvalue weighted by Gasteiger charge is 2.40. The zero-order valence-corrected chi connectivity index (χ0v) is 32.1. The molecule has 1 aromatic heterocycles. The van der Waals surface area contributed by atoms with Crippen molar-refractivity contribution in [1.82, 2.24) is 15.6 Å². The smallest absolute Gasteiger partial charge is 0.326 e. The Balaban J connectivity index is 1.51. The van der Waals surface area contributed by atoms with Crippen LogP contribution in [0.3, 0.4) is 0 Å². The predicted octanol–water partition coefficient (Wildman–Crippen LogP) is 5.79. The largest absolute Gasteiger partial charge is 0.497 e. The average molecular weight is 753 g/mol. The second kappa shape index (κ2) is 17.8. The maximum absolute atomic E-state index is 14.3. The number of methoxy groups -OCH3 is 3. The van der Waals surface area contributed by atoms with Gasteiger partial charge in [-0.15, -0.1) is 0 Å². The van der Waals surface area contributed by atoms with Crippen LogP contribution < -0.4 is 34.5 Å². The molecule has 5 rings (SSSR count). The van der Waals surface area contributed by atoms with Crippen LogP contribution in [0.25, 0.3) is 22.2 Å². The monoisotopic (exact) mass is 752 g/mol. The number of hydrogen-bond donors (Lipinski definition) is 3. The molecule has 13 heteroatoms. The summed E-state index contributed by atoms with van der Waals surface area (Å²) in [5.41, 5.74) is 2.64. The van der Waals surface area contributed by atoms with E-state index in [1.54, 1.807) is 50.4 Å². The third-order valence-electron chi connectivity index (χ3n) is 9.62. The van der Waals surface area contributed by atoms with Crippen molar-refractivity contribution in [1.29, 1.82) is 0 Å². The number of ether oxygens (including phenoxy) is 4. The minimum atomic E-state index is -1.19. The summed E-state index contributed by atoms with van der Waals surface area (Å²) >= 11 is 0. The zero-order valence-electron chi connectivity index (χ0n) is 32.1. The molecule has 0 radical (unpaired) electrons. The van der Waals surface area contributed by atoms with E-state index in [0.29, 0.717) is 45.3 Å². The quantitative estimate of drug-likeness (QED) is 0.128. The van der Waals surface area contributed by atoms with Crippen molar-refractivity contribution in [3.05, 3.63) is 84.4 Å². The number of nitrogens with one attached hydrogen (secondary N) is 2. The van der Waals surface area contributed by atoms with Crippen LogP contribution >= 0.6 is 0 Å². The van der Waals surface area contributed by atoms with Crippen molar-refractivity contribution in [2.75, 3.05) is 32.8 Å². The molecule has 4 aromatic rings. The summed E-state index contributed by atoms with van der Waals surface area (Å²) in [4.78, 5) is 60.6. The average Bonchev–Trinajstić information content (AvgIpc) is 3.62. The standard InChI is InChI=1S/C42H48N4O9/c1-8-32(42(50)51)44-39(47)30-19-28(55-37-23-33(25-13-11-10-12-14-25)43-34-21-26(52-5)15-17-29(34)37)20-31(30)40(48)45-38(24(3)4)41(49)46(9-2)35-22-27(53-6)16-18-36(35)54-7/h10-18,20-24,28,30,32,38H,8-9,19H2,1-7H3,(H,44,47)(H,45,48)(H,50,51)/t28-,30-,32-,38-/m0/s1. The first kappa shape index (κ1) is 40.1. The van der Waals surface area contributed by atoms with E-state index in [4.69, 9.17) is 23.9 Å². The molecule has 0 saturated carbocycles. The van der Waals surface area contributed by atoms with Gasteiger partial charge >= 0.3 is 5.97 Å². The van der Waals surface area contributed by atoms with E-state index in [-0.39, 0.29) is 30.9 Å². The molecule has 0 unspecified atom stereocenters. The number of aromatic nitrogens is 1. The number of pyridine rings is 1. The van der Waals surface area contributed by atoms with Gasteiger partial charge in [-0.3, -0.25) is 14.4 Å². The Bertz CT molecular complexity index is 2070. The molecule has 3 N–H and O–H groups in total. The molecule has 13 nitrogen and oxygen atoms in total. The Morgan fingerprint density at radius 3 is 2.18 bits per heavy atom. The second-order valence-electron chi connectivity index (χ2n) is 13.4.